The van der Waals surface area contributed by atoms with Gasteiger partial charge in [0.1, 0.15) is 17.6 Å². The monoisotopic (exact) mass is 348 g/mol. The molecule has 0 aliphatic carbocycles. The van der Waals surface area contributed by atoms with Crippen LogP contribution in [0.25, 0.3) is 0 Å². The predicted molar refractivity (Wildman–Crippen MR) is 90.6 cm³/mol. The number of fused-ring (bicyclic) bond motifs is 1. The third-order valence-corrected chi connectivity index (χ3v) is 5.67. The highest BCUT2D eigenvalue weighted by Crippen LogP contribution is 2.43. The van der Waals surface area contributed by atoms with Crippen molar-refractivity contribution in [1.29, 1.82) is 0 Å². The average molecular weight is 348 g/mol. The van der Waals surface area contributed by atoms with Crippen LogP contribution in [0.15, 0.2) is 6.33 Å². The van der Waals surface area contributed by atoms with Crippen molar-refractivity contribution in [3.63, 3.8) is 0 Å². The number of nitrogens with zero attached hydrogens (tertiary/aromatic N) is 4. The summed E-state index contributed by atoms with van der Waals surface area (Å²) in [5.74, 6) is -0.978. The second-order valence-corrected chi connectivity index (χ2v) is 7.06. The highest BCUT2D eigenvalue weighted by molar-refractivity contribution is 5.78. The minimum atomic E-state index is -0.961. The molecular formula is C17H24N4O4. The first-order chi connectivity index (χ1) is 11.8. The van der Waals surface area contributed by atoms with Crippen LogP contribution in [0.2, 0.25) is 0 Å². The normalized spacial score (nSPS) is 27.0. The molecule has 2 saturated heterocycles. The number of likely N-dealkylation sites (tertiary alicyclic amines) is 1. The predicted octanol–water partition coefficient (Wildman–Crippen LogP) is 0.924. The van der Waals surface area contributed by atoms with Crippen LogP contribution in [-0.4, -0.2) is 69.2 Å². The number of aliphatic carboxylic acids is 2. The molecule has 2 aliphatic rings. The first-order valence-corrected chi connectivity index (χ1v) is 8.57. The molecule has 25 heavy (non-hydrogen) atoms. The maximum atomic E-state index is 12.2. The number of rotatable bonds is 4. The fourth-order valence-corrected chi connectivity index (χ4v) is 4.32. The van der Waals surface area contributed by atoms with Crippen molar-refractivity contribution < 1.29 is 19.8 Å². The third kappa shape index (κ3) is 3.06. The van der Waals surface area contributed by atoms with Gasteiger partial charge in [-0.2, -0.15) is 0 Å². The van der Waals surface area contributed by atoms with E-state index in [0.717, 1.165) is 17.1 Å². The van der Waals surface area contributed by atoms with Gasteiger partial charge in [-0.15, -0.1) is 0 Å². The van der Waals surface area contributed by atoms with Crippen molar-refractivity contribution in [3.05, 3.63) is 17.6 Å². The van der Waals surface area contributed by atoms with E-state index in [1.165, 1.54) is 6.33 Å². The van der Waals surface area contributed by atoms with Gasteiger partial charge in [0.05, 0.1) is 6.54 Å². The van der Waals surface area contributed by atoms with Crippen LogP contribution >= 0.6 is 0 Å². The van der Waals surface area contributed by atoms with E-state index in [4.69, 9.17) is 5.11 Å². The summed E-state index contributed by atoms with van der Waals surface area (Å²) < 4.78 is 0. The van der Waals surface area contributed by atoms with Gasteiger partial charge in [-0.3, -0.25) is 14.5 Å². The Morgan fingerprint density at radius 1 is 1.28 bits per heavy atom. The lowest BCUT2D eigenvalue weighted by atomic mass is 9.69. The number of carbonyl (C=O) groups is 2. The standard InChI is InChI=1S/C17H24N4O4/c1-11-12(2)18-10-19-15(11)21-7-4-13-17(9-21,16(24)25)5-3-6-20(13)8-14(22)23/h10,13H,3-9H2,1-2H3,(H,22,23)(H,24,25)/t13-,17+/m0/s1. The lowest BCUT2D eigenvalue weighted by Crippen LogP contribution is -2.65. The molecule has 0 unspecified atom stereocenters. The summed E-state index contributed by atoms with van der Waals surface area (Å²) in [6.07, 6.45) is 3.37. The molecule has 2 N–H and O–H groups in total. The molecule has 0 saturated carbocycles. The highest BCUT2D eigenvalue weighted by Gasteiger charge is 2.54. The second kappa shape index (κ2) is 6.59. The zero-order valence-corrected chi connectivity index (χ0v) is 14.6. The maximum absolute atomic E-state index is 12.2. The smallest absolute Gasteiger partial charge is 0.317 e. The Morgan fingerprint density at radius 2 is 2.04 bits per heavy atom. The highest BCUT2D eigenvalue weighted by atomic mass is 16.4. The Balaban J connectivity index is 1.92. The van der Waals surface area contributed by atoms with Gasteiger partial charge in [0.25, 0.3) is 0 Å². The molecule has 0 aromatic carbocycles. The van der Waals surface area contributed by atoms with Gasteiger partial charge < -0.3 is 15.1 Å². The van der Waals surface area contributed by atoms with Crippen LogP contribution in [0.1, 0.15) is 30.5 Å². The SMILES string of the molecule is Cc1ncnc(N2CC[C@@H]3N(CC(=O)O)CCC[C@@]3(C(=O)O)C2)c1C. The molecule has 1 aromatic heterocycles. The Bertz CT molecular complexity index is 695. The van der Waals surface area contributed by atoms with Gasteiger partial charge in [0.2, 0.25) is 0 Å². The van der Waals surface area contributed by atoms with Crippen LogP contribution in [0.4, 0.5) is 5.82 Å². The van der Waals surface area contributed by atoms with Crippen LogP contribution in [-0.2, 0) is 9.59 Å². The van der Waals surface area contributed by atoms with Gasteiger partial charge in [-0.1, -0.05) is 0 Å². The third-order valence-electron chi connectivity index (χ3n) is 5.67. The van der Waals surface area contributed by atoms with Gasteiger partial charge in [-0.25, -0.2) is 9.97 Å². The van der Waals surface area contributed by atoms with Crippen LogP contribution in [0.5, 0.6) is 0 Å². The Hall–Kier alpha value is -2.22. The second-order valence-electron chi connectivity index (χ2n) is 7.06. The summed E-state index contributed by atoms with van der Waals surface area (Å²) in [4.78, 5) is 35.8. The minimum Gasteiger partial charge on any atom is -0.481 e. The summed E-state index contributed by atoms with van der Waals surface area (Å²) in [5, 5.41) is 19.2. The Morgan fingerprint density at radius 3 is 2.72 bits per heavy atom. The number of piperidine rings is 2. The summed E-state index contributed by atoms with van der Waals surface area (Å²) >= 11 is 0. The van der Waals surface area contributed by atoms with Crippen molar-refractivity contribution in [2.75, 3.05) is 31.1 Å². The Kier molecular flexibility index (Phi) is 4.64. The molecule has 8 nitrogen and oxygen atoms in total. The number of carboxylic acid groups (broad SMARTS) is 2. The molecule has 0 bridgehead atoms. The number of anilines is 1. The molecule has 2 fully saturated rings. The molecular weight excluding hydrogens is 324 g/mol. The molecule has 136 valence electrons. The number of hydrogen-bond donors (Lipinski definition) is 2. The number of aryl methyl sites for hydroxylation is 1. The summed E-state index contributed by atoms with van der Waals surface area (Å²) in [5.41, 5.74) is 0.879. The van der Waals surface area contributed by atoms with E-state index in [1.54, 1.807) is 0 Å². The van der Waals surface area contributed by atoms with E-state index in [-0.39, 0.29) is 12.6 Å². The molecule has 8 heteroatoms. The van der Waals surface area contributed by atoms with Crippen molar-refractivity contribution in [1.82, 2.24) is 14.9 Å². The fraction of sp³-hybridized carbons (Fsp3) is 0.647. The van der Waals surface area contributed by atoms with Gasteiger partial charge in [0, 0.05) is 30.4 Å². The van der Waals surface area contributed by atoms with E-state index in [1.807, 2.05) is 23.6 Å². The molecule has 2 aliphatic heterocycles. The molecule has 3 rings (SSSR count). The quantitative estimate of drug-likeness (QED) is 0.827. The molecule has 0 spiro atoms. The van der Waals surface area contributed by atoms with E-state index < -0.39 is 17.4 Å². The van der Waals surface area contributed by atoms with Gasteiger partial charge >= 0.3 is 11.9 Å². The molecule has 0 amide bonds. The zero-order chi connectivity index (χ0) is 18.2. The summed E-state index contributed by atoms with van der Waals surface area (Å²) in [6, 6.07) is -0.255. The zero-order valence-electron chi connectivity index (χ0n) is 14.6. The summed E-state index contributed by atoms with van der Waals surface area (Å²) in [7, 11) is 0. The van der Waals surface area contributed by atoms with Crippen molar-refractivity contribution >= 4 is 17.8 Å². The maximum Gasteiger partial charge on any atom is 0.317 e. The van der Waals surface area contributed by atoms with Crippen LogP contribution < -0.4 is 4.90 Å². The average Bonchev–Trinajstić information content (AvgIpc) is 2.56. The van der Waals surface area contributed by atoms with Gasteiger partial charge in [-0.05, 0) is 39.7 Å². The molecule has 0 radical (unpaired) electrons. The first-order valence-electron chi connectivity index (χ1n) is 8.57. The topological polar surface area (TPSA) is 107 Å². The van der Waals surface area contributed by atoms with Crippen molar-refractivity contribution in [2.24, 2.45) is 5.41 Å². The summed E-state index contributed by atoms with van der Waals surface area (Å²) in [6.45, 7) is 5.40. The molecule has 3 heterocycles. The lowest BCUT2D eigenvalue weighted by Gasteiger charge is -2.52. The van der Waals surface area contributed by atoms with E-state index in [9.17, 15) is 14.7 Å². The number of carboxylic acids is 2. The van der Waals surface area contributed by atoms with Crippen molar-refractivity contribution in [3.8, 4) is 0 Å². The van der Waals surface area contributed by atoms with Crippen LogP contribution in [0.3, 0.4) is 0 Å². The first kappa shape index (κ1) is 17.6. The van der Waals surface area contributed by atoms with Crippen LogP contribution in [0, 0.1) is 19.3 Å². The van der Waals surface area contributed by atoms with E-state index in [2.05, 4.69) is 9.97 Å². The van der Waals surface area contributed by atoms with Gasteiger partial charge in [0.15, 0.2) is 0 Å². The lowest BCUT2D eigenvalue weighted by molar-refractivity contribution is -0.160. The number of aromatic nitrogens is 2. The minimum absolute atomic E-state index is 0.106. The largest absolute Gasteiger partial charge is 0.481 e. The molecule has 1 aromatic rings. The number of hydrogen-bond acceptors (Lipinski definition) is 6. The van der Waals surface area contributed by atoms with E-state index >= 15 is 0 Å². The molecule has 2 atom stereocenters. The fourth-order valence-electron chi connectivity index (χ4n) is 4.32. The van der Waals surface area contributed by atoms with Crippen molar-refractivity contribution in [2.45, 2.75) is 39.2 Å². The van der Waals surface area contributed by atoms with E-state index in [0.29, 0.717) is 38.9 Å². The Labute approximate surface area is 146 Å².